The number of aliphatic carboxylic acids is 1. The second-order valence-corrected chi connectivity index (χ2v) is 4.76. The highest BCUT2D eigenvalue weighted by atomic mass is 16.4. The minimum absolute atomic E-state index is 0.482. The van der Waals surface area contributed by atoms with Crippen molar-refractivity contribution in [2.24, 2.45) is 0 Å². The Labute approximate surface area is 114 Å². The summed E-state index contributed by atoms with van der Waals surface area (Å²) in [4.78, 5) is 24.1. The number of urea groups is 1. The van der Waals surface area contributed by atoms with Gasteiger partial charge in [-0.2, -0.15) is 0 Å². The first-order chi connectivity index (χ1) is 8.88. The average molecular weight is 275 g/mol. The quantitative estimate of drug-likeness (QED) is 0.438. The number of unbranched alkanes of at least 4 members (excludes halogenated alkanes) is 1. The second kappa shape index (κ2) is 9.57. The van der Waals surface area contributed by atoms with Crippen molar-refractivity contribution < 1.29 is 19.8 Å². The number of aliphatic hydroxyl groups excluding tert-OH is 1. The zero-order valence-electron chi connectivity index (χ0n) is 11.8. The van der Waals surface area contributed by atoms with E-state index in [4.69, 9.17) is 10.2 Å². The van der Waals surface area contributed by atoms with Gasteiger partial charge in [-0.3, -0.25) is 0 Å². The smallest absolute Gasteiger partial charge is 0.328 e. The van der Waals surface area contributed by atoms with Crippen molar-refractivity contribution in [3.63, 3.8) is 0 Å². The molecular weight excluding hydrogens is 250 g/mol. The van der Waals surface area contributed by atoms with Crippen LogP contribution in [0.4, 0.5) is 4.79 Å². The number of carboxylic acid groups (broad SMARTS) is 1. The van der Waals surface area contributed by atoms with Crippen LogP contribution >= 0.6 is 0 Å². The molecule has 0 saturated carbocycles. The van der Waals surface area contributed by atoms with Gasteiger partial charge in [0.2, 0.25) is 0 Å². The summed E-state index contributed by atoms with van der Waals surface area (Å²) in [6, 6.07) is -1.33. The number of hydrogen-bond acceptors (Lipinski definition) is 4. The van der Waals surface area contributed by atoms with Crippen LogP contribution in [0.1, 0.15) is 26.7 Å². The monoisotopic (exact) mass is 275 g/mol. The number of rotatable bonds is 9. The maximum atomic E-state index is 11.3. The van der Waals surface area contributed by atoms with E-state index in [-0.39, 0.29) is 0 Å². The number of aliphatic hydroxyl groups is 1. The van der Waals surface area contributed by atoms with Crippen molar-refractivity contribution in [3.8, 4) is 0 Å². The Balaban J connectivity index is 3.67. The number of nitrogens with zero attached hydrogens (tertiary/aromatic N) is 1. The van der Waals surface area contributed by atoms with Gasteiger partial charge in [0.05, 0.1) is 6.61 Å². The van der Waals surface area contributed by atoms with Crippen molar-refractivity contribution in [2.45, 2.75) is 38.8 Å². The summed E-state index contributed by atoms with van der Waals surface area (Å²) < 4.78 is 0. The van der Waals surface area contributed by atoms with Gasteiger partial charge in [-0.1, -0.05) is 0 Å². The fraction of sp³-hybridized carbons (Fsp3) is 0.833. The van der Waals surface area contributed by atoms with Gasteiger partial charge in [-0.25, -0.2) is 9.59 Å². The van der Waals surface area contributed by atoms with Crippen LogP contribution in [0, 0.1) is 0 Å². The lowest BCUT2D eigenvalue weighted by atomic mass is 10.2. The average Bonchev–Trinajstić information content (AvgIpc) is 2.34. The lowest BCUT2D eigenvalue weighted by Crippen LogP contribution is -2.48. The molecule has 4 N–H and O–H groups in total. The predicted octanol–water partition coefficient (Wildman–Crippen LogP) is -0.148. The molecule has 0 radical (unpaired) electrons. The van der Waals surface area contributed by atoms with E-state index < -0.39 is 24.6 Å². The van der Waals surface area contributed by atoms with Crippen molar-refractivity contribution in [3.05, 3.63) is 0 Å². The number of carbonyl (C=O) groups is 2. The second-order valence-electron chi connectivity index (χ2n) is 4.76. The molecule has 1 atom stereocenters. The van der Waals surface area contributed by atoms with Gasteiger partial charge in [-0.15, -0.1) is 0 Å². The van der Waals surface area contributed by atoms with Crippen LogP contribution in [0.2, 0.25) is 0 Å². The van der Waals surface area contributed by atoms with Gasteiger partial charge in [0.25, 0.3) is 0 Å². The molecule has 0 fully saturated rings. The molecule has 0 saturated heterocycles. The number of amides is 2. The molecular formula is C12H25N3O4. The third kappa shape index (κ3) is 8.39. The van der Waals surface area contributed by atoms with Crippen LogP contribution in [-0.4, -0.2) is 65.9 Å². The summed E-state index contributed by atoms with van der Waals surface area (Å²) in [5.74, 6) is -1.25. The third-order valence-corrected chi connectivity index (χ3v) is 2.89. The van der Waals surface area contributed by atoms with E-state index in [2.05, 4.69) is 29.4 Å². The zero-order valence-corrected chi connectivity index (χ0v) is 11.8. The van der Waals surface area contributed by atoms with Crippen molar-refractivity contribution in [1.82, 2.24) is 15.5 Å². The van der Waals surface area contributed by atoms with E-state index in [1.54, 1.807) is 0 Å². The Hall–Kier alpha value is -1.34. The topological polar surface area (TPSA) is 102 Å². The first kappa shape index (κ1) is 17.7. The van der Waals surface area contributed by atoms with Crippen LogP contribution < -0.4 is 10.6 Å². The summed E-state index contributed by atoms with van der Waals surface area (Å²) in [7, 11) is 2.05. The summed E-state index contributed by atoms with van der Waals surface area (Å²) in [5.41, 5.74) is 0. The van der Waals surface area contributed by atoms with E-state index in [1.807, 2.05) is 7.05 Å². The molecule has 0 heterocycles. The lowest BCUT2D eigenvalue weighted by Gasteiger charge is -2.20. The molecule has 0 aromatic carbocycles. The molecule has 0 aliphatic carbocycles. The van der Waals surface area contributed by atoms with Crippen LogP contribution in [0.15, 0.2) is 0 Å². The molecule has 112 valence electrons. The molecule has 7 nitrogen and oxygen atoms in total. The van der Waals surface area contributed by atoms with E-state index in [1.165, 1.54) is 0 Å². The van der Waals surface area contributed by atoms with Crippen molar-refractivity contribution in [1.29, 1.82) is 0 Å². The first-order valence-electron chi connectivity index (χ1n) is 6.46. The molecule has 19 heavy (non-hydrogen) atoms. The zero-order chi connectivity index (χ0) is 14.8. The number of hydrogen-bond donors (Lipinski definition) is 4. The number of nitrogens with one attached hydrogen (secondary N) is 2. The standard InChI is InChI=1S/C12H25N3O4/c1-9(2)15(3)7-5-4-6-13-12(19)14-10(8-16)11(17)18/h9-10,16H,4-8H2,1-3H3,(H,17,18)(H2,13,14,19)/t10-/m0/s1. The van der Waals surface area contributed by atoms with Gasteiger partial charge < -0.3 is 25.7 Å². The molecule has 0 aliphatic rings. The fourth-order valence-electron chi connectivity index (χ4n) is 1.34. The Morgan fingerprint density at radius 3 is 2.37 bits per heavy atom. The minimum Gasteiger partial charge on any atom is -0.480 e. The molecule has 7 heteroatoms. The largest absolute Gasteiger partial charge is 0.480 e. The molecule has 0 unspecified atom stereocenters. The highest BCUT2D eigenvalue weighted by molar-refractivity contribution is 5.82. The summed E-state index contributed by atoms with van der Waals surface area (Å²) in [5, 5.41) is 22.1. The Morgan fingerprint density at radius 1 is 1.26 bits per heavy atom. The molecule has 0 aliphatic heterocycles. The van der Waals surface area contributed by atoms with Crippen molar-refractivity contribution >= 4 is 12.0 Å². The fourth-order valence-corrected chi connectivity index (χ4v) is 1.34. The SMILES string of the molecule is CC(C)N(C)CCCCNC(=O)N[C@@H](CO)C(=O)O. The van der Waals surface area contributed by atoms with Crippen LogP contribution in [0.3, 0.4) is 0 Å². The Bertz CT molecular complexity index is 284. The van der Waals surface area contributed by atoms with Crippen molar-refractivity contribution in [2.75, 3.05) is 26.7 Å². The summed E-state index contributed by atoms with van der Waals surface area (Å²) in [6.07, 6.45) is 1.78. The number of carboxylic acids is 1. The van der Waals surface area contributed by atoms with Gasteiger partial charge in [0.15, 0.2) is 6.04 Å². The van der Waals surface area contributed by atoms with E-state index in [9.17, 15) is 9.59 Å². The molecule has 0 aromatic rings. The maximum absolute atomic E-state index is 11.3. The highest BCUT2D eigenvalue weighted by Crippen LogP contribution is 1.97. The van der Waals surface area contributed by atoms with Crippen LogP contribution in [0.5, 0.6) is 0 Å². The summed E-state index contributed by atoms with van der Waals surface area (Å²) >= 11 is 0. The van der Waals surface area contributed by atoms with Gasteiger partial charge in [0.1, 0.15) is 0 Å². The molecule has 0 rings (SSSR count). The van der Waals surface area contributed by atoms with Gasteiger partial charge >= 0.3 is 12.0 Å². The highest BCUT2D eigenvalue weighted by Gasteiger charge is 2.17. The van der Waals surface area contributed by atoms with E-state index in [0.717, 1.165) is 19.4 Å². The Morgan fingerprint density at radius 2 is 1.89 bits per heavy atom. The lowest BCUT2D eigenvalue weighted by molar-refractivity contribution is -0.140. The van der Waals surface area contributed by atoms with E-state index in [0.29, 0.717) is 12.6 Å². The van der Waals surface area contributed by atoms with Crippen LogP contribution in [0.25, 0.3) is 0 Å². The third-order valence-electron chi connectivity index (χ3n) is 2.89. The predicted molar refractivity (Wildman–Crippen MR) is 72.0 cm³/mol. The minimum atomic E-state index is -1.26. The molecule has 0 spiro atoms. The van der Waals surface area contributed by atoms with E-state index >= 15 is 0 Å². The number of carbonyl (C=O) groups excluding carboxylic acids is 1. The van der Waals surface area contributed by atoms with Crippen LogP contribution in [-0.2, 0) is 4.79 Å². The first-order valence-corrected chi connectivity index (χ1v) is 6.46. The van der Waals surface area contributed by atoms with Gasteiger partial charge in [0, 0.05) is 12.6 Å². The molecule has 2 amide bonds. The Kier molecular flexibility index (Phi) is 8.90. The normalized spacial score (nSPS) is 12.5. The van der Waals surface area contributed by atoms with Gasteiger partial charge in [-0.05, 0) is 40.3 Å². The maximum Gasteiger partial charge on any atom is 0.328 e. The summed E-state index contributed by atoms with van der Waals surface area (Å²) in [6.45, 7) is 5.05. The molecule has 0 bridgehead atoms. The molecule has 0 aromatic heterocycles.